The molecule has 1 heterocycles. The second-order valence-corrected chi connectivity index (χ2v) is 4.74. The van der Waals surface area contributed by atoms with Crippen molar-refractivity contribution in [1.29, 1.82) is 0 Å². The maximum absolute atomic E-state index is 11.3. The molecule has 0 radical (unpaired) electrons. The fraction of sp³-hybridized carbons (Fsp3) is 0.556. The Hall–Kier alpha value is -1.10. The van der Waals surface area contributed by atoms with Gasteiger partial charge in [-0.1, -0.05) is 11.3 Å². The highest BCUT2D eigenvalue weighted by Crippen LogP contribution is 2.18. The Balaban J connectivity index is 3.00. The van der Waals surface area contributed by atoms with Gasteiger partial charge in [0.1, 0.15) is 0 Å². The first-order chi connectivity index (χ1) is 6.34. The van der Waals surface area contributed by atoms with E-state index in [2.05, 4.69) is 0 Å². The molecule has 1 rings (SSSR count). The molecule has 0 aromatic carbocycles. The lowest BCUT2D eigenvalue weighted by Crippen LogP contribution is -2.32. The van der Waals surface area contributed by atoms with Crippen LogP contribution in [0.2, 0.25) is 0 Å². The van der Waals surface area contributed by atoms with Gasteiger partial charge in [0.25, 0.3) is 0 Å². The molecule has 14 heavy (non-hydrogen) atoms. The summed E-state index contributed by atoms with van der Waals surface area (Å²) in [7, 11) is 0. The molecule has 1 N–H and O–H groups in total. The molecule has 0 aliphatic heterocycles. The van der Waals surface area contributed by atoms with Crippen molar-refractivity contribution in [2.75, 3.05) is 0 Å². The van der Waals surface area contributed by atoms with E-state index >= 15 is 0 Å². The minimum absolute atomic E-state index is 0.100. The van der Waals surface area contributed by atoms with Crippen molar-refractivity contribution in [2.45, 2.75) is 27.3 Å². The summed E-state index contributed by atoms with van der Waals surface area (Å²) in [6.07, 6.45) is 0. The summed E-state index contributed by atoms with van der Waals surface area (Å²) in [5.41, 5.74) is -0.0929. The molecular formula is C9H13NO3S. The Bertz CT molecular complexity index is 402. The van der Waals surface area contributed by atoms with Crippen LogP contribution < -0.4 is 4.87 Å². The molecule has 0 spiro atoms. The molecule has 0 aliphatic rings. The standard InChI is InChI=1S/C9H13NO3S/c1-6-4-14-8(13)10(6)5-9(2,3)7(11)12/h4H,5H2,1-3H3,(H,11,12). The molecular weight excluding hydrogens is 202 g/mol. The molecule has 0 saturated carbocycles. The molecule has 1 aromatic rings. The molecule has 0 amide bonds. The summed E-state index contributed by atoms with van der Waals surface area (Å²) in [5.74, 6) is -0.894. The topological polar surface area (TPSA) is 59.3 Å². The van der Waals surface area contributed by atoms with Gasteiger partial charge < -0.3 is 9.67 Å². The van der Waals surface area contributed by atoms with Crippen molar-refractivity contribution < 1.29 is 9.90 Å². The quantitative estimate of drug-likeness (QED) is 0.827. The molecule has 0 unspecified atom stereocenters. The third-order valence-electron chi connectivity index (χ3n) is 2.11. The molecule has 4 nitrogen and oxygen atoms in total. The average molecular weight is 215 g/mol. The van der Waals surface area contributed by atoms with E-state index in [1.165, 1.54) is 4.57 Å². The van der Waals surface area contributed by atoms with Crippen LogP contribution in [0.15, 0.2) is 10.2 Å². The lowest BCUT2D eigenvalue weighted by molar-refractivity contribution is -0.147. The summed E-state index contributed by atoms with van der Waals surface area (Å²) < 4.78 is 1.50. The lowest BCUT2D eigenvalue weighted by atomic mass is 9.94. The predicted molar refractivity (Wildman–Crippen MR) is 54.7 cm³/mol. The van der Waals surface area contributed by atoms with Crippen LogP contribution >= 0.6 is 11.3 Å². The van der Waals surface area contributed by atoms with E-state index in [0.29, 0.717) is 0 Å². The smallest absolute Gasteiger partial charge is 0.310 e. The minimum atomic E-state index is -0.907. The second kappa shape index (κ2) is 3.57. The third-order valence-corrected chi connectivity index (χ3v) is 2.99. The van der Waals surface area contributed by atoms with Crippen LogP contribution in [-0.2, 0) is 11.3 Å². The van der Waals surface area contributed by atoms with Gasteiger partial charge in [0.05, 0.1) is 5.41 Å². The summed E-state index contributed by atoms with van der Waals surface area (Å²) in [5, 5.41) is 10.6. The van der Waals surface area contributed by atoms with Crippen LogP contribution in [0.4, 0.5) is 0 Å². The van der Waals surface area contributed by atoms with Crippen LogP contribution in [0.3, 0.4) is 0 Å². The number of hydrogen-bond acceptors (Lipinski definition) is 3. The third kappa shape index (κ3) is 2.04. The van der Waals surface area contributed by atoms with Gasteiger partial charge in [-0.2, -0.15) is 0 Å². The fourth-order valence-corrected chi connectivity index (χ4v) is 1.79. The molecule has 78 valence electrons. The maximum Gasteiger partial charge on any atom is 0.310 e. The van der Waals surface area contributed by atoms with Gasteiger partial charge in [-0.3, -0.25) is 9.59 Å². The Kier molecular flexibility index (Phi) is 2.80. The Morgan fingerprint density at radius 1 is 1.64 bits per heavy atom. The molecule has 1 aromatic heterocycles. The first-order valence-corrected chi connectivity index (χ1v) is 5.11. The van der Waals surface area contributed by atoms with E-state index < -0.39 is 11.4 Å². The van der Waals surface area contributed by atoms with Crippen molar-refractivity contribution >= 4 is 17.3 Å². The first kappa shape index (κ1) is 11.0. The molecule has 0 aliphatic carbocycles. The summed E-state index contributed by atoms with van der Waals surface area (Å²) >= 11 is 1.10. The van der Waals surface area contributed by atoms with Gasteiger partial charge >= 0.3 is 10.8 Å². The van der Waals surface area contributed by atoms with Crippen molar-refractivity contribution in [1.82, 2.24) is 4.57 Å². The number of carboxylic acids is 1. The Morgan fingerprint density at radius 2 is 2.21 bits per heavy atom. The van der Waals surface area contributed by atoms with Crippen LogP contribution in [0.1, 0.15) is 19.5 Å². The van der Waals surface area contributed by atoms with Gasteiger partial charge in [-0.15, -0.1) is 0 Å². The van der Waals surface area contributed by atoms with Gasteiger partial charge in [-0.05, 0) is 20.8 Å². The average Bonchev–Trinajstić information content (AvgIpc) is 2.35. The Morgan fingerprint density at radius 3 is 2.57 bits per heavy atom. The number of hydrogen-bond donors (Lipinski definition) is 1. The van der Waals surface area contributed by atoms with Gasteiger partial charge in [0.15, 0.2) is 0 Å². The van der Waals surface area contributed by atoms with Gasteiger partial charge in [0, 0.05) is 17.6 Å². The molecule has 0 fully saturated rings. The van der Waals surface area contributed by atoms with Crippen molar-refractivity contribution in [3.8, 4) is 0 Å². The fourth-order valence-electron chi connectivity index (χ4n) is 1.06. The minimum Gasteiger partial charge on any atom is -0.481 e. The van der Waals surface area contributed by atoms with E-state index in [0.717, 1.165) is 17.0 Å². The van der Waals surface area contributed by atoms with Crippen molar-refractivity contribution in [3.63, 3.8) is 0 Å². The van der Waals surface area contributed by atoms with Gasteiger partial charge in [-0.25, -0.2) is 0 Å². The normalized spacial score (nSPS) is 11.6. The van der Waals surface area contributed by atoms with Crippen LogP contribution in [0, 0.1) is 12.3 Å². The largest absolute Gasteiger partial charge is 0.481 e. The highest BCUT2D eigenvalue weighted by molar-refractivity contribution is 7.07. The number of carboxylic acid groups (broad SMARTS) is 1. The van der Waals surface area contributed by atoms with Gasteiger partial charge in [0.2, 0.25) is 0 Å². The summed E-state index contributed by atoms with van der Waals surface area (Å²) in [6, 6.07) is 0. The van der Waals surface area contributed by atoms with E-state index in [9.17, 15) is 9.59 Å². The SMILES string of the molecule is Cc1csc(=O)n1CC(C)(C)C(=O)O. The number of nitrogens with zero attached hydrogens (tertiary/aromatic N) is 1. The number of aromatic nitrogens is 1. The zero-order chi connectivity index (χ0) is 10.9. The van der Waals surface area contributed by atoms with Crippen molar-refractivity contribution in [3.05, 3.63) is 20.7 Å². The van der Waals surface area contributed by atoms with E-state index in [1.807, 2.05) is 0 Å². The highest BCUT2D eigenvalue weighted by Gasteiger charge is 2.28. The Labute approximate surface area is 85.8 Å². The lowest BCUT2D eigenvalue weighted by Gasteiger charge is -2.19. The molecule has 0 atom stereocenters. The first-order valence-electron chi connectivity index (χ1n) is 4.23. The summed E-state index contributed by atoms with van der Waals surface area (Å²) in [6.45, 7) is 5.24. The number of rotatable bonds is 3. The van der Waals surface area contributed by atoms with E-state index in [4.69, 9.17) is 5.11 Å². The van der Waals surface area contributed by atoms with E-state index in [1.54, 1.807) is 26.2 Å². The van der Waals surface area contributed by atoms with Crippen LogP contribution in [0.5, 0.6) is 0 Å². The molecule has 0 saturated heterocycles. The zero-order valence-electron chi connectivity index (χ0n) is 8.40. The molecule has 5 heteroatoms. The molecule has 0 bridgehead atoms. The number of aryl methyl sites for hydroxylation is 1. The van der Waals surface area contributed by atoms with Crippen LogP contribution in [-0.4, -0.2) is 15.6 Å². The number of carbonyl (C=O) groups is 1. The van der Waals surface area contributed by atoms with Crippen LogP contribution in [0.25, 0.3) is 0 Å². The maximum atomic E-state index is 11.3. The second-order valence-electron chi connectivity index (χ2n) is 3.92. The van der Waals surface area contributed by atoms with Crippen molar-refractivity contribution in [2.24, 2.45) is 5.41 Å². The van der Waals surface area contributed by atoms with E-state index in [-0.39, 0.29) is 11.4 Å². The summed E-state index contributed by atoms with van der Waals surface area (Å²) in [4.78, 5) is 22.1. The zero-order valence-corrected chi connectivity index (χ0v) is 9.22. The number of aliphatic carboxylic acids is 1. The highest BCUT2D eigenvalue weighted by atomic mass is 32.1. The predicted octanol–water partition coefficient (Wildman–Crippen LogP) is 1.33. The number of thiazole rings is 1. The monoisotopic (exact) mass is 215 g/mol.